The molecular formula is C22H29N3O4. The topological polar surface area (TPSA) is 82.6 Å². The number of ether oxygens (including phenoxy) is 3. The summed E-state index contributed by atoms with van der Waals surface area (Å²) in [5.74, 6) is 1.08. The lowest BCUT2D eigenvalue weighted by atomic mass is 10.1. The number of hydrogen-bond donors (Lipinski definition) is 1. The van der Waals surface area contributed by atoms with Crippen molar-refractivity contribution in [1.29, 1.82) is 0 Å². The number of hydrogen-bond acceptors (Lipinski definition) is 6. The van der Waals surface area contributed by atoms with Gasteiger partial charge in [0, 0.05) is 18.0 Å². The average molecular weight is 399 g/mol. The molecule has 1 saturated carbocycles. The molecule has 0 unspecified atom stereocenters. The largest absolute Gasteiger partial charge is 0.460 e. The normalized spacial score (nSPS) is 14.5. The second-order valence-electron chi connectivity index (χ2n) is 8.36. The SMILES string of the molecule is Cc1cc(Oc2ccnc(OC3CCCC3)n2)c(C)cc1NC(=O)OC(C)(C)C. The van der Waals surface area contributed by atoms with Crippen molar-refractivity contribution in [2.45, 2.75) is 72.0 Å². The van der Waals surface area contributed by atoms with Gasteiger partial charge in [-0.2, -0.15) is 4.98 Å². The van der Waals surface area contributed by atoms with E-state index in [2.05, 4.69) is 15.3 Å². The highest BCUT2D eigenvalue weighted by Gasteiger charge is 2.19. The van der Waals surface area contributed by atoms with E-state index in [0.29, 0.717) is 23.3 Å². The van der Waals surface area contributed by atoms with Crippen molar-refractivity contribution in [3.05, 3.63) is 35.5 Å². The number of anilines is 1. The molecule has 1 aliphatic rings. The van der Waals surface area contributed by atoms with Crippen LogP contribution >= 0.6 is 0 Å². The fraction of sp³-hybridized carbons (Fsp3) is 0.500. The summed E-state index contributed by atoms with van der Waals surface area (Å²) in [6.07, 6.45) is 5.78. The minimum atomic E-state index is -0.554. The third-order valence-electron chi connectivity index (χ3n) is 4.55. The van der Waals surface area contributed by atoms with Crippen LogP contribution < -0.4 is 14.8 Å². The van der Waals surface area contributed by atoms with Crippen molar-refractivity contribution in [1.82, 2.24) is 9.97 Å². The quantitative estimate of drug-likeness (QED) is 0.709. The summed E-state index contributed by atoms with van der Waals surface area (Å²) >= 11 is 0. The smallest absolute Gasteiger partial charge is 0.412 e. The summed E-state index contributed by atoms with van der Waals surface area (Å²) in [7, 11) is 0. The van der Waals surface area contributed by atoms with Gasteiger partial charge in [0.05, 0.1) is 0 Å². The first kappa shape index (κ1) is 20.9. The monoisotopic (exact) mass is 399 g/mol. The van der Waals surface area contributed by atoms with E-state index < -0.39 is 11.7 Å². The van der Waals surface area contributed by atoms with Crippen LogP contribution in [-0.4, -0.2) is 27.8 Å². The molecule has 29 heavy (non-hydrogen) atoms. The minimum Gasteiger partial charge on any atom is -0.460 e. The lowest BCUT2D eigenvalue weighted by Gasteiger charge is -2.20. The van der Waals surface area contributed by atoms with Crippen LogP contribution in [0.1, 0.15) is 57.6 Å². The second-order valence-corrected chi connectivity index (χ2v) is 8.36. The molecule has 0 saturated heterocycles. The summed E-state index contributed by atoms with van der Waals surface area (Å²) in [5, 5.41) is 2.79. The highest BCUT2D eigenvalue weighted by Crippen LogP contribution is 2.30. The van der Waals surface area contributed by atoms with Crippen molar-refractivity contribution in [3.8, 4) is 17.6 Å². The van der Waals surface area contributed by atoms with Crippen molar-refractivity contribution in [3.63, 3.8) is 0 Å². The molecule has 0 radical (unpaired) electrons. The fourth-order valence-corrected chi connectivity index (χ4v) is 3.15. The van der Waals surface area contributed by atoms with Crippen molar-refractivity contribution in [2.75, 3.05) is 5.32 Å². The summed E-state index contributed by atoms with van der Waals surface area (Å²) in [6.45, 7) is 9.29. The van der Waals surface area contributed by atoms with E-state index in [1.807, 2.05) is 46.8 Å². The first-order valence-electron chi connectivity index (χ1n) is 9.98. The number of rotatable bonds is 5. The molecule has 7 nitrogen and oxygen atoms in total. The standard InChI is InChI=1S/C22H29N3O4/c1-14-13-18(15(2)12-17(14)24-21(26)29-22(3,4)5)28-19-10-11-23-20(25-19)27-16-8-6-7-9-16/h10-13,16H,6-9H2,1-5H3,(H,24,26). The van der Waals surface area contributed by atoms with E-state index in [-0.39, 0.29) is 6.10 Å². The zero-order valence-electron chi connectivity index (χ0n) is 17.7. The molecule has 1 aromatic carbocycles. The number of aromatic nitrogens is 2. The maximum absolute atomic E-state index is 12.1. The predicted molar refractivity (Wildman–Crippen MR) is 111 cm³/mol. The first-order chi connectivity index (χ1) is 13.7. The summed E-state index contributed by atoms with van der Waals surface area (Å²) < 4.78 is 17.1. The summed E-state index contributed by atoms with van der Waals surface area (Å²) in [4.78, 5) is 20.6. The van der Waals surface area contributed by atoms with Gasteiger partial charge in [-0.25, -0.2) is 9.78 Å². The van der Waals surface area contributed by atoms with E-state index >= 15 is 0 Å². The van der Waals surface area contributed by atoms with E-state index in [0.717, 1.165) is 24.0 Å². The van der Waals surface area contributed by atoms with Gasteiger partial charge in [-0.3, -0.25) is 5.32 Å². The molecule has 0 spiro atoms. The van der Waals surface area contributed by atoms with Gasteiger partial charge in [-0.05, 0) is 83.6 Å². The minimum absolute atomic E-state index is 0.187. The van der Waals surface area contributed by atoms with E-state index in [1.54, 1.807) is 12.3 Å². The van der Waals surface area contributed by atoms with Gasteiger partial charge in [0.1, 0.15) is 17.5 Å². The van der Waals surface area contributed by atoms with Crippen LogP contribution in [0.5, 0.6) is 17.6 Å². The maximum Gasteiger partial charge on any atom is 0.412 e. The highest BCUT2D eigenvalue weighted by atomic mass is 16.6. The van der Waals surface area contributed by atoms with Crippen LogP contribution in [0.15, 0.2) is 24.4 Å². The van der Waals surface area contributed by atoms with E-state index in [9.17, 15) is 4.79 Å². The second kappa shape index (κ2) is 8.68. The van der Waals surface area contributed by atoms with Gasteiger partial charge in [-0.15, -0.1) is 0 Å². The lowest BCUT2D eigenvalue weighted by molar-refractivity contribution is 0.0635. The zero-order chi connectivity index (χ0) is 21.0. The Kier molecular flexibility index (Phi) is 6.25. The molecule has 1 aromatic heterocycles. The molecule has 0 aliphatic heterocycles. The van der Waals surface area contributed by atoms with Gasteiger partial charge in [-0.1, -0.05) is 0 Å². The number of amides is 1. The molecule has 1 fully saturated rings. The average Bonchev–Trinajstić information content (AvgIpc) is 3.11. The van der Waals surface area contributed by atoms with Crippen LogP contribution in [0.2, 0.25) is 0 Å². The Balaban J connectivity index is 1.70. The van der Waals surface area contributed by atoms with Crippen molar-refractivity contribution < 1.29 is 19.0 Å². The Morgan fingerprint density at radius 3 is 2.55 bits per heavy atom. The molecule has 1 heterocycles. The Hall–Kier alpha value is -2.83. The van der Waals surface area contributed by atoms with E-state index in [1.165, 1.54) is 12.8 Å². The Morgan fingerprint density at radius 2 is 1.86 bits per heavy atom. The fourth-order valence-electron chi connectivity index (χ4n) is 3.15. The zero-order valence-corrected chi connectivity index (χ0v) is 17.7. The summed E-state index contributed by atoms with van der Waals surface area (Å²) in [5.41, 5.74) is 1.84. The Bertz CT molecular complexity index is 871. The Morgan fingerprint density at radius 1 is 1.14 bits per heavy atom. The molecule has 1 aliphatic carbocycles. The van der Waals surface area contributed by atoms with Crippen molar-refractivity contribution >= 4 is 11.8 Å². The lowest BCUT2D eigenvalue weighted by Crippen LogP contribution is -2.27. The highest BCUT2D eigenvalue weighted by molar-refractivity contribution is 5.86. The number of nitrogens with zero attached hydrogens (tertiary/aromatic N) is 2. The van der Waals surface area contributed by atoms with Crippen LogP contribution in [0.3, 0.4) is 0 Å². The number of nitrogens with one attached hydrogen (secondary N) is 1. The number of carbonyl (C=O) groups is 1. The van der Waals surface area contributed by atoms with Crippen LogP contribution in [0.4, 0.5) is 10.5 Å². The molecule has 1 N–H and O–H groups in total. The molecule has 3 rings (SSSR count). The van der Waals surface area contributed by atoms with Gasteiger partial charge in [0.2, 0.25) is 5.88 Å². The number of carbonyl (C=O) groups excluding carboxylic acids is 1. The molecule has 0 atom stereocenters. The number of benzene rings is 1. The van der Waals surface area contributed by atoms with E-state index in [4.69, 9.17) is 14.2 Å². The van der Waals surface area contributed by atoms with Gasteiger partial charge in [0.15, 0.2) is 0 Å². The van der Waals surface area contributed by atoms with Crippen molar-refractivity contribution in [2.24, 2.45) is 0 Å². The van der Waals surface area contributed by atoms with Crippen LogP contribution in [0.25, 0.3) is 0 Å². The van der Waals surface area contributed by atoms with Gasteiger partial charge in [0.25, 0.3) is 0 Å². The molecule has 156 valence electrons. The third kappa shape index (κ3) is 6.07. The number of aryl methyl sites for hydroxylation is 2. The predicted octanol–water partition coefficient (Wildman–Crippen LogP) is 5.55. The first-order valence-corrected chi connectivity index (χ1v) is 9.98. The van der Waals surface area contributed by atoms with Crippen LogP contribution in [0, 0.1) is 13.8 Å². The summed E-state index contributed by atoms with van der Waals surface area (Å²) in [6, 6.07) is 5.75. The molecule has 1 amide bonds. The van der Waals surface area contributed by atoms with Gasteiger partial charge < -0.3 is 14.2 Å². The third-order valence-corrected chi connectivity index (χ3v) is 4.55. The van der Waals surface area contributed by atoms with Gasteiger partial charge >= 0.3 is 12.1 Å². The molecule has 0 bridgehead atoms. The molecule has 2 aromatic rings. The van der Waals surface area contributed by atoms with Crippen LogP contribution in [-0.2, 0) is 4.74 Å². The maximum atomic E-state index is 12.1. The molecular weight excluding hydrogens is 370 g/mol. The molecule has 7 heteroatoms. The Labute approximate surface area is 171 Å².